The van der Waals surface area contributed by atoms with E-state index in [1.807, 2.05) is 13.8 Å². The molecule has 128 valence electrons. The van der Waals surface area contributed by atoms with Crippen molar-refractivity contribution >= 4 is 27.5 Å². The minimum atomic E-state index is -3.85. The number of sulfonamides is 1. The fourth-order valence-corrected chi connectivity index (χ4v) is 4.53. The van der Waals surface area contributed by atoms with Crippen LogP contribution in [0.1, 0.15) is 33.1 Å². The Morgan fingerprint density at radius 1 is 1.17 bits per heavy atom. The molecular formula is C16H23ClN2O3S. The number of piperidine rings is 1. The Labute approximate surface area is 143 Å². The molecule has 5 nitrogen and oxygen atoms in total. The number of nitrogens with zero attached hydrogens (tertiary/aromatic N) is 1. The Hall–Kier alpha value is -1.11. The van der Waals surface area contributed by atoms with Crippen molar-refractivity contribution in [3.05, 3.63) is 29.3 Å². The predicted molar refractivity (Wildman–Crippen MR) is 90.8 cm³/mol. The first-order valence-corrected chi connectivity index (χ1v) is 9.74. The number of benzene rings is 1. The molecular weight excluding hydrogens is 336 g/mol. The van der Waals surface area contributed by atoms with Gasteiger partial charge in [0, 0.05) is 13.1 Å². The highest BCUT2D eigenvalue weighted by molar-refractivity contribution is 7.89. The van der Waals surface area contributed by atoms with Crippen LogP contribution in [0.4, 0.5) is 0 Å². The molecule has 1 amide bonds. The molecule has 0 saturated carbocycles. The number of halogens is 1. The molecule has 0 aliphatic carbocycles. The van der Waals surface area contributed by atoms with Crippen molar-refractivity contribution in [3.63, 3.8) is 0 Å². The Morgan fingerprint density at radius 2 is 1.78 bits per heavy atom. The van der Waals surface area contributed by atoms with Gasteiger partial charge >= 0.3 is 0 Å². The first-order chi connectivity index (χ1) is 10.8. The standard InChI is InChI=1S/C16H23ClN2O3S/c1-12(2)15(16(20)19-10-6-3-7-11-19)18-23(21,22)14-9-5-4-8-13(14)17/h4-5,8-9,12,15,18H,3,6-7,10-11H2,1-2H3/t15-/m0/s1. The summed E-state index contributed by atoms with van der Waals surface area (Å²) in [6.45, 7) is 5.05. The SMILES string of the molecule is CC(C)[C@H](NS(=O)(=O)c1ccccc1Cl)C(=O)N1CCCCC1. The Kier molecular flexibility index (Phi) is 6.06. The first kappa shape index (κ1) is 18.2. The lowest BCUT2D eigenvalue weighted by molar-refractivity contribution is -0.134. The minimum Gasteiger partial charge on any atom is -0.341 e. The Morgan fingerprint density at radius 3 is 2.35 bits per heavy atom. The molecule has 23 heavy (non-hydrogen) atoms. The summed E-state index contributed by atoms with van der Waals surface area (Å²) in [6.07, 6.45) is 3.04. The van der Waals surface area contributed by atoms with Crippen molar-refractivity contribution in [2.24, 2.45) is 5.92 Å². The van der Waals surface area contributed by atoms with Gasteiger partial charge in [-0.25, -0.2) is 8.42 Å². The molecule has 2 rings (SSSR count). The van der Waals surface area contributed by atoms with E-state index in [-0.39, 0.29) is 21.7 Å². The monoisotopic (exact) mass is 358 g/mol. The lowest BCUT2D eigenvalue weighted by atomic mass is 10.0. The zero-order valence-corrected chi connectivity index (χ0v) is 15.0. The van der Waals surface area contributed by atoms with Gasteiger partial charge in [-0.05, 0) is 37.3 Å². The van der Waals surface area contributed by atoms with Crippen LogP contribution in [0, 0.1) is 5.92 Å². The summed E-state index contributed by atoms with van der Waals surface area (Å²) in [5, 5.41) is 0.146. The van der Waals surface area contributed by atoms with Gasteiger partial charge in [-0.1, -0.05) is 37.6 Å². The summed E-state index contributed by atoms with van der Waals surface area (Å²) in [6, 6.07) is 5.45. The molecule has 0 bridgehead atoms. The summed E-state index contributed by atoms with van der Waals surface area (Å²) in [5.41, 5.74) is 0. The van der Waals surface area contributed by atoms with Gasteiger partial charge in [0.2, 0.25) is 15.9 Å². The van der Waals surface area contributed by atoms with Crippen LogP contribution in [-0.2, 0) is 14.8 Å². The molecule has 1 atom stereocenters. The molecule has 1 saturated heterocycles. The molecule has 0 aromatic heterocycles. The average Bonchev–Trinajstić information content (AvgIpc) is 2.53. The Bertz CT molecular complexity index is 655. The second kappa shape index (κ2) is 7.64. The van der Waals surface area contributed by atoms with E-state index in [0.29, 0.717) is 13.1 Å². The topological polar surface area (TPSA) is 66.5 Å². The molecule has 1 aliphatic rings. The van der Waals surface area contributed by atoms with Crippen molar-refractivity contribution in [2.45, 2.75) is 44.0 Å². The molecule has 1 aromatic rings. The van der Waals surface area contributed by atoms with Crippen molar-refractivity contribution < 1.29 is 13.2 Å². The van der Waals surface area contributed by atoms with E-state index in [2.05, 4.69) is 4.72 Å². The van der Waals surface area contributed by atoms with E-state index < -0.39 is 16.1 Å². The van der Waals surface area contributed by atoms with E-state index in [1.165, 1.54) is 12.1 Å². The summed E-state index contributed by atoms with van der Waals surface area (Å²) in [4.78, 5) is 14.5. The normalized spacial score (nSPS) is 17.3. The molecule has 7 heteroatoms. The zero-order valence-electron chi connectivity index (χ0n) is 13.5. The van der Waals surface area contributed by atoms with E-state index in [1.54, 1.807) is 17.0 Å². The smallest absolute Gasteiger partial charge is 0.242 e. The van der Waals surface area contributed by atoms with Crippen LogP contribution in [0.3, 0.4) is 0 Å². The van der Waals surface area contributed by atoms with Crippen LogP contribution >= 0.6 is 11.6 Å². The Balaban J connectivity index is 2.22. The van der Waals surface area contributed by atoms with Gasteiger partial charge in [-0.2, -0.15) is 4.72 Å². The van der Waals surface area contributed by atoms with E-state index in [0.717, 1.165) is 19.3 Å². The number of likely N-dealkylation sites (tertiary alicyclic amines) is 1. The van der Waals surface area contributed by atoms with E-state index in [9.17, 15) is 13.2 Å². The van der Waals surface area contributed by atoms with Crippen molar-refractivity contribution in [1.29, 1.82) is 0 Å². The fraction of sp³-hybridized carbons (Fsp3) is 0.562. The van der Waals surface area contributed by atoms with Crippen LogP contribution in [-0.4, -0.2) is 38.4 Å². The molecule has 1 aliphatic heterocycles. The number of hydrogen-bond acceptors (Lipinski definition) is 3. The summed E-state index contributed by atoms with van der Waals surface area (Å²) < 4.78 is 27.7. The maximum absolute atomic E-state index is 12.7. The third-order valence-electron chi connectivity index (χ3n) is 4.01. The number of carbonyl (C=O) groups is 1. The first-order valence-electron chi connectivity index (χ1n) is 7.88. The van der Waals surface area contributed by atoms with E-state index in [4.69, 9.17) is 11.6 Å². The van der Waals surface area contributed by atoms with Crippen LogP contribution in [0.2, 0.25) is 5.02 Å². The third-order valence-corrected chi connectivity index (χ3v) is 5.95. The third kappa shape index (κ3) is 4.46. The highest BCUT2D eigenvalue weighted by Crippen LogP contribution is 2.22. The van der Waals surface area contributed by atoms with Gasteiger partial charge in [-0.3, -0.25) is 4.79 Å². The van der Waals surface area contributed by atoms with E-state index >= 15 is 0 Å². The van der Waals surface area contributed by atoms with Crippen LogP contribution < -0.4 is 4.72 Å². The number of amides is 1. The second-order valence-corrected chi connectivity index (χ2v) is 8.25. The van der Waals surface area contributed by atoms with Crippen molar-refractivity contribution in [1.82, 2.24) is 9.62 Å². The van der Waals surface area contributed by atoms with Gasteiger partial charge in [0.15, 0.2) is 0 Å². The molecule has 1 N–H and O–H groups in total. The zero-order chi connectivity index (χ0) is 17.0. The molecule has 1 fully saturated rings. The highest BCUT2D eigenvalue weighted by Gasteiger charge is 2.32. The number of nitrogens with one attached hydrogen (secondary N) is 1. The average molecular weight is 359 g/mol. The van der Waals surface area contributed by atoms with Gasteiger partial charge in [0.25, 0.3) is 0 Å². The van der Waals surface area contributed by atoms with Crippen molar-refractivity contribution in [2.75, 3.05) is 13.1 Å². The summed E-state index contributed by atoms with van der Waals surface area (Å²) >= 11 is 5.99. The van der Waals surface area contributed by atoms with Gasteiger partial charge in [0.05, 0.1) is 5.02 Å². The maximum atomic E-state index is 12.7. The maximum Gasteiger partial charge on any atom is 0.242 e. The minimum absolute atomic E-state index is 0.00115. The number of hydrogen-bond donors (Lipinski definition) is 1. The summed E-state index contributed by atoms with van der Waals surface area (Å²) in [5.74, 6) is -0.308. The molecule has 0 spiro atoms. The van der Waals surface area contributed by atoms with Crippen LogP contribution in [0.5, 0.6) is 0 Å². The molecule has 0 unspecified atom stereocenters. The molecule has 1 aromatic carbocycles. The van der Waals surface area contributed by atoms with Crippen LogP contribution in [0.15, 0.2) is 29.2 Å². The lowest BCUT2D eigenvalue weighted by Crippen LogP contribution is -2.52. The van der Waals surface area contributed by atoms with Gasteiger partial charge in [0.1, 0.15) is 10.9 Å². The van der Waals surface area contributed by atoms with Crippen LogP contribution in [0.25, 0.3) is 0 Å². The second-order valence-electron chi connectivity index (χ2n) is 6.16. The number of rotatable bonds is 5. The predicted octanol–water partition coefficient (Wildman–Crippen LogP) is 2.66. The highest BCUT2D eigenvalue weighted by atomic mass is 35.5. The lowest BCUT2D eigenvalue weighted by Gasteiger charge is -2.32. The molecule has 0 radical (unpaired) electrons. The van der Waals surface area contributed by atoms with Gasteiger partial charge < -0.3 is 4.90 Å². The summed E-state index contributed by atoms with van der Waals surface area (Å²) in [7, 11) is -3.85. The molecule has 1 heterocycles. The van der Waals surface area contributed by atoms with Gasteiger partial charge in [-0.15, -0.1) is 0 Å². The van der Waals surface area contributed by atoms with Crippen molar-refractivity contribution in [3.8, 4) is 0 Å². The fourth-order valence-electron chi connectivity index (χ4n) is 2.68. The quantitative estimate of drug-likeness (QED) is 0.879. The largest absolute Gasteiger partial charge is 0.341 e. The number of carbonyl (C=O) groups excluding carboxylic acids is 1.